The highest BCUT2D eigenvalue weighted by molar-refractivity contribution is 9.10. The van der Waals surface area contributed by atoms with Gasteiger partial charge in [0.25, 0.3) is 0 Å². The summed E-state index contributed by atoms with van der Waals surface area (Å²) in [6.07, 6.45) is 1.18. The van der Waals surface area contributed by atoms with Crippen molar-refractivity contribution in [3.63, 3.8) is 0 Å². The fourth-order valence-corrected chi connectivity index (χ4v) is 2.47. The number of nitrogens with zero attached hydrogens (tertiary/aromatic N) is 1. The van der Waals surface area contributed by atoms with Gasteiger partial charge in [-0.1, -0.05) is 35.8 Å². The lowest BCUT2D eigenvalue weighted by atomic mass is 10.0. The first kappa shape index (κ1) is 14.5. The molecule has 0 radical (unpaired) electrons. The van der Waals surface area contributed by atoms with Crippen LogP contribution in [0.5, 0.6) is 0 Å². The molecule has 0 bridgehead atoms. The summed E-state index contributed by atoms with van der Waals surface area (Å²) in [6.45, 7) is 6.81. The number of hydrogen-bond acceptors (Lipinski definition) is 2. The Balaban J connectivity index is 2.82. The number of aliphatic hydroxyl groups excluding tert-OH is 1. The number of rotatable bonds is 5. The monoisotopic (exact) mass is 299 g/mol. The van der Waals surface area contributed by atoms with Gasteiger partial charge in [-0.2, -0.15) is 0 Å². The summed E-state index contributed by atoms with van der Waals surface area (Å²) < 4.78 is 0.973. The van der Waals surface area contributed by atoms with Gasteiger partial charge in [0.2, 0.25) is 0 Å². The average Bonchev–Trinajstić information content (AvgIpc) is 2.27. The van der Waals surface area contributed by atoms with Crippen molar-refractivity contribution in [1.29, 1.82) is 0 Å². The zero-order valence-corrected chi connectivity index (χ0v) is 12.7. The van der Waals surface area contributed by atoms with Crippen LogP contribution in [-0.4, -0.2) is 18.2 Å². The molecule has 0 saturated heterocycles. The first-order chi connectivity index (χ1) is 7.95. The molecule has 1 aromatic carbocycles. The third-order valence-corrected chi connectivity index (χ3v) is 3.83. The van der Waals surface area contributed by atoms with Crippen LogP contribution in [0.3, 0.4) is 0 Å². The van der Waals surface area contributed by atoms with Gasteiger partial charge in [-0.05, 0) is 37.0 Å². The van der Waals surface area contributed by atoms with Crippen LogP contribution in [-0.2, 0) is 6.61 Å². The van der Waals surface area contributed by atoms with E-state index in [0.29, 0.717) is 12.0 Å². The summed E-state index contributed by atoms with van der Waals surface area (Å²) in [6, 6.07) is 6.62. The lowest BCUT2D eigenvalue weighted by Gasteiger charge is -2.28. The van der Waals surface area contributed by atoms with Crippen molar-refractivity contribution in [2.24, 2.45) is 5.92 Å². The zero-order chi connectivity index (χ0) is 13.0. The lowest BCUT2D eigenvalue weighted by molar-refractivity contribution is 0.281. The van der Waals surface area contributed by atoms with E-state index in [9.17, 15) is 0 Å². The van der Waals surface area contributed by atoms with Gasteiger partial charge >= 0.3 is 0 Å². The predicted molar refractivity (Wildman–Crippen MR) is 77.4 cm³/mol. The Morgan fingerprint density at radius 2 is 1.94 bits per heavy atom. The maximum absolute atomic E-state index is 9.13. The van der Waals surface area contributed by atoms with Crippen molar-refractivity contribution in [1.82, 2.24) is 0 Å². The molecule has 0 aliphatic heterocycles. The van der Waals surface area contributed by atoms with Crippen molar-refractivity contribution in [2.75, 3.05) is 11.9 Å². The van der Waals surface area contributed by atoms with Crippen molar-refractivity contribution in [3.05, 3.63) is 28.2 Å². The van der Waals surface area contributed by atoms with Gasteiger partial charge in [0.15, 0.2) is 0 Å². The third kappa shape index (κ3) is 4.00. The quantitative estimate of drug-likeness (QED) is 0.894. The number of halogens is 1. The van der Waals surface area contributed by atoms with E-state index < -0.39 is 0 Å². The van der Waals surface area contributed by atoms with Crippen molar-refractivity contribution < 1.29 is 5.11 Å². The summed E-state index contributed by atoms with van der Waals surface area (Å²) in [5.41, 5.74) is 2.11. The van der Waals surface area contributed by atoms with Crippen LogP contribution in [0.15, 0.2) is 22.7 Å². The standard InChI is InChI=1S/C14H22BrNO/c1-10(2)7-11(3)16(4)13-6-5-12(9-17)14(15)8-13/h5-6,8,10-11,17H,7,9H2,1-4H3. The summed E-state index contributed by atoms with van der Waals surface area (Å²) in [5, 5.41) is 9.13. The lowest BCUT2D eigenvalue weighted by Crippen LogP contribution is -2.30. The fourth-order valence-electron chi connectivity index (χ4n) is 1.98. The Kier molecular flexibility index (Phi) is 5.47. The Labute approximate surface area is 113 Å². The normalized spacial score (nSPS) is 12.9. The molecule has 17 heavy (non-hydrogen) atoms. The first-order valence-electron chi connectivity index (χ1n) is 6.07. The van der Waals surface area contributed by atoms with Crippen LogP contribution in [0.4, 0.5) is 5.69 Å². The van der Waals surface area contributed by atoms with E-state index in [-0.39, 0.29) is 6.61 Å². The molecule has 0 saturated carbocycles. The second-order valence-electron chi connectivity index (χ2n) is 5.02. The number of benzene rings is 1. The summed E-state index contributed by atoms with van der Waals surface area (Å²) in [4.78, 5) is 2.28. The van der Waals surface area contributed by atoms with Gasteiger partial charge in [-0.15, -0.1) is 0 Å². The van der Waals surface area contributed by atoms with Crippen LogP contribution in [0, 0.1) is 5.92 Å². The second kappa shape index (κ2) is 6.41. The topological polar surface area (TPSA) is 23.5 Å². The van der Waals surface area contributed by atoms with Crippen LogP contribution < -0.4 is 4.90 Å². The van der Waals surface area contributed by atoms with Gasteiger partial charge in [0.1, 0.15) is 0 Å². The van der Waals surface area contributed by atoms with Crippen molar-refractivity contribution >= 4 is 21.6 Å². The Hall–Kier alpha value is -0.540. The Bertz CT molecular complexity index is 365. The van der Waals surface area contributed by atoms with E-state index in [1.165, 1.54) is 12.1 Å². The van der Waals surface area contributed by atoms with Crippen molar-refractivity contribution in [3.8, 4) is 0 Å². The molecule has 1 atom stereocenters. The molecular weight excluding hydrogens is 278 g/mol. The van der Waals surface area contributed by atoms with E-state index >= 15 is 0 Å². The molecule has 1 N–H and O–H groups in total. The van der Waals surface area contributed by atoms with Crippen LogP contribution in [0.1, 0.15) is 32.8 Å². The Morgan fingerprint density at radius 3 is 2.41 bits per heavy atom. The molecule has 0 fully saturated rings. The van der Waals surface area contributed by atoms with Gasteiger partial charge in [-0.25, -0.2) is 0 Å². The first-order valence-corrected chi connectivity index (χ1v) is 6.87. The van der Waals surface area contributed by atoms with Crippen LogP contribution in [0.25, 0.3) is 0 Å². The van der Waals surface area contributed by atoms with E-state index in [4.69, 9.17) is 5.11 Å². The smallest absolute Gasteiger partial charge is 0.0692 e. The van der Waals surface area contributed by atoms with Gasteiger partial charge in [0.05, 0.1) is 6.61 Å². The summed E-state index contributed by atoms with van der Waals surface area (Å²) in [5.74, 6) is 0.701. The predicted octanol–water partition coefficient (Wildman–Crippen LogP) is 3.81. The van der Waals surface area contributed by atoms with E-state index in [1.54, 1.807) is 0 Å². The maximum Gasteiger partial charge on any atom is 0.0692 e. The van der Waals surface area contributed by atoms with Gasteiger partial charge < -0.3 is 10.0 Å². The molecule has 2 nitrogen and oxygen atoms in total. The van der Waals surface area contributed by atoms with Crippen LogP contribution in [0.2, 0.25) is 0 Å². The van der Waals surface area contributed by atoms with Crippen molar-refractivity contribution in [2.45, 2.75) is 39.8 Å². The minimum absolute atomic E-state index is 0.0755. The van der Waals surface area contributed by atoms with E-state index in [2.05, 4.69) is 60.8 Å². The highest BCUT2D eigenvalue weighted by atomic mass is 79.9. The van der Waals surface area contributed by atoms with E-state index in [0.717, 1.165) is 10.0 Å². The molecule has 0 aliphatic carbocycles. The zero-order valence-electron chi connectivity index (χ0n) is 11.1. The van der Waals surface area contributed by atoms with E-state index in [1.807, 2.05) is 6.07 Å². The molecule has 1 unspecified atom stereocenters. The molecule has 0 aromatic heterocycles. The largest absolute Gasteiger partial charge is 0.392 e. The molecular formula is C14H22BrNO. The molecule has 1 rings (SSSR count). The fraction of sp³-hybridized carbons (Fsp3) is 0.571. The minimum Gasteiger partial charge on any atom is -0.392 e. The highest BCUT2D eigenvalue weighted by Gasteiger charge is 2.12. The summed E-state index contributed by atoms with van der Waals surface area (Å²) in [7, 11) is 2.12. The Morgan fingerprint density at radius 1 is 1.29 bits per heavy atom. The molecule has 0 amide bonds. The van der Waals surface area contributed by atoms with Gasteiger partial charge in [-0.3, -0.25) is 0 Å². The number of aliphatic hydroxyl groups is 1. The molecule has 3 heteroatoms. The minimum atomic E-state index is 0.0755. The molecule has 96 valence electrons. The SMILES string of the molecule is CC(C)CC(C)N(C)c1ccc(CO)c(Br)c1. The highest BCUT2D eigenvalue weighted by Crippen LogP contribution is 2.25. The molecule has 1 aromatic rings. The number of anilines is 1. The number of hydrogen-bond donors (Lipinski definition) is 1. The average molecular weight is 300 g/mol. The molecule has 0 heterocycles. The molecule has 0 spiro atoms. The third-order valence-electron chi connectivity index (χ3n) is 3.09. The molecule has 0 aliphatic rings. The summed E-state index contributed by atoms with van der Waals surface area (Å²) >= 11 is 3.49. The maximum atomic E-state index is 9.13. The second-order valence-corrected chi connectivity index (χ2v) is 5.88. The van der Waals surface area contributed by atoms with Crippen LogP contribution >= 0.6 is 15.9 Å². The van der Waals surface area contributed by atoms with Gasteiger partial charge in [0, 0.05) is 23.2 Å².